The quantitative estimate of drug-likeness (QED) is 0.716. The van der Waals surface area contributed by atoms with E-state index < -0.39 is 7.14 Å². The maximum atomic E-state index is 12.2. The van der Waals surface area contributed by atoms with Crippen LogP contribution in [0.2, 0.25) is 0 Å². The van der Waals surface area contributed by atoms with Gasteiger partial charge in [0.15, 0.2) is 0 Å². The van der Waals surface area contributed by atoms with E-state index in [1.54, 1.807) is 7.11 Å². The van der Waals surface area contributed by atoms with E-state index in [1.165, 1.54) is 16.7 Å². The van der Waals surface area contributed by atoms with Gasteiger partial charge in [0.2, 0.25) is 0 Å². The van der Waals surface area contributed by atoms with Gasteiger partial charge in [-0.2, -0.15) is 0 Å². The Morgan fingerprint density at radius 3 is 2.48 bits per heavy atom. The molecule has 0 N–H and O–H groups in total. The number of piperidine rings is 1. The highest BCUT2D eigenvalue weighted by atomic mass is 31.2. The first-order valence-corrected chi connectivity index (χ1v) is 12.4. The Morgan fingerprint density at radius 1 is 1.15 bits per heavy atom. The van der Waals surface area contributed by atoms with Crippen molar-refractivity contribution in [3.8, 4) is 5.75 Å². The Morgan fingerprint density at radius 2 is 1.85 bits per heavy atom. The van der Waals surface area contributed by atoms with Gasteiger partial charge in [-0.05, 0) is 55.0 Å². The molecule has 2 aliphatic rings. The number of methoxy groups -OCH3 is 1. The van der Waals surface area contributed by atoms with Gasteiger partial charge in [0.1, 0.15) is 11.9 Å². The van der Waals surface area contributed by atoms with E-state index in [2.05, 4.69) is 41.3 Å². The molecule has 2 heterocycles. The van der Waals surface area contributed by atoms with Gasteiger partial charge in [0, 0.05) is 13.1 Å². The highest BCUT2D eigenvalue weighted by Gasteiger charge is 2.47. The van der Waals surface area contributed by atoms with Crippen molar-refractivity contribution in [2.75, 3.05) is 39.8 Å². The molecule has 144 valence electrons. The summed E-state index contributed by atoms with van der Waals surface area (Å²) in [5, 5.41) is 0. The van der Waals surface area contributed by atoms with Gasteiger partial charge in [0.25, 0.3) is 0 Å². The minimum absolute atomic E-state index is 0.0636. The molecule has 1 saturated heterocycles. The van der Waals surface area contributed by atoms with Gasteiger partial charge in [-0.15, -0.1) is 0 Å². The molecule has 4 nitrogen and oxygen atoms in total. The summed E-state index contributed by atoms with van der Waals surface area (Å²) in [6, 6.07) is 16.8. The van der Waals surface area contributed by atoms with Crippen LogP contribution in [0.1, 0.15) is 35.6 Å². The second kappa shape index (κ2) is 7.09. The Kier molecular flexibility index (Phi) is 4.92. The van der Waals surface area contributed by atoms with Gasteiger partial charge in [-0.25, -0.2) is 0 Å². The third-order valence-corrected chi connectivity index (χ3v) is 6.76. The van der Waals surface area contributed by atoms with Crippen LogP contribution in [-0.2, 0) is 14.9 Å². The van der Waals surface area contributed by atoms with Crippen molar-refractivity contribution in [1.29, 1.82) is 0 Å². The second-order valence-electron chi connectivity index (χ2n) is 8.19. The predicted octanol–water partition coefficient (Wildman–Crippen LogP) is 4.69. The van der Waals surface area contributed by atoms with Crippen LogP contribution in [0.15, 0.2) is 48.5 Å². The van der Waals surface area contributed by atoms with E-state index in [-0.39, 0.29) is 11.7 Å². The van der Waals surface area contributed by atoms with Crippen LogP contribution in [-0.4, -0.2) is 44.7 Å². The fourth-order valence-corrected chi connectivity index (χ4v) is 5.70. The summed E-state index contributed by atoms with van der Waals surface area (Å²) < 4.78 is 24.5. The minimum Gasteiger partial charge on any atom is -0.497 e. The van der Waals surface area contributed by atoms with Crippen molar-refractivity contribution in [3.05, 3.63) is 65.2 Å². The normalized spacial score (nSPS) is 22.0. The van der Waals surface area contributed by atoms with E-state index in [0.29, 0.717) is 6.29 Å². The highest BCUT2D eigenvalue weighted by molar-refractivity contribution is 7.62. The minimum atomic E-state index is -2.05. The summed E-state index contributed by atoms with van der Waals surface area (Å²) in [4.78, 5) is 2.33. The number of nitrogens with zero attached hydrogens (tertiary/aromatic N) is 1. The van der Waals surface area contributed by atoms with Crippen LogP contribution in [0.3, 0.4) is 0 Å². The molecular formula is C22H28NO3P. The molecule has 4 rings (SSSR count). The van der Waals surface area contributed by atoms with Crippen LogP contribution in [0, 0.1) is 0 Å². The van der Waals surface area contributed by atoms with Gasteiger partial charge in [-0.1, -0.05) is 36.4 Å². The van der Waals surface area contributed by atoms with Crippen molar-refractivity contribution >= 4 is 7.14 Å². The summed E-state index contributed by atoms with van der Waals surface area (Å²) in [6.07, 6.45) is 2.48. The van der Waals surface area contributed by atoms with Gasteiger partial charge < -0.3 is 14.0 Å². The average molecular weight is 385 g/mol. The summed E-state index contributed by atoms with van der Waals surface area (Å²) in [6.45, 7) is 5.57. The number of fused-ring (bicyclic) bond motifs is 2. The largest absolute Gasteiger partial charge is 0.497 e. The molecule has 0 radical (unpaired) electrons. The molecule has 0 bridgehead atoms. The fraction of sp³-hybridized carbons (Fsp3) is 0.455. The topological polar surface area (TPSA) is 38.8 Å². The zero-order valence-electron chi connectivity index (χ0n) is 16.4. The maximum absolute atomic E-state index is 12.2. The van der Waals surface area contributed by atoms with Crippen molar-refractivity contribution in [2.24, 2.45) is 0 Å². The lowest BCUT2D eigenvalue weighted by molar-refractivity contribution is -0.0950. The lowest BCUT2D eigenvalue weighted by Gasteiger charge is -2.40. The van der Waals surface area contributed by atoms with E-state index in [1.807, 2.05) is 25.5 Å². The number of benzene rings is 2. The highest BCUT2D eigenvalue weighted by Crippen LogP contribution is 2.52. The molecule has 27 heavy (non-hydrogen) atoms. The summed E-state index contributed by atoms with van der Waals surface area (Å²) in [5.74, 6) is 0.866. The van der Waals surface area contributed by atoms with E-state index in [4.69, 9.17) is 9.47 Å². The van der Waals surface area contributed by atoms with E-state index in [0.717, 1.165) is 31.7 Å². The molecule has 1 fully saturated rings. The zero-order chi connectivity index (χ0) is 19.1. The molecule has 0 aliphatic carbocycles. The average Bonchev–Trinajstić information content (AvgIpc) is 2.97. The maximum Gasteiger partial charge on any atom is 0.119 e. The first-order valence-electron chi connectivity index (χ1n) is 9.58. The number of rotatable bonds is 4. The van der Waals surface area contributed by atoms with Gasteiger partial charge in [0.05, 0.1) is 26.1 Å². The number of hydrogen-bond donors (Lipinski definition) is 0. The van der Waals surface area contributed by atoms with Crippen LogP contribution in [0.25, 0.3) is 0 Å². The van der Waals surface area contributed by atoms with Crippen LogP contribution in [0.4, 0.5) is 0 Å². The molecule has 0 saturated carbocycles. The van der Waals surface area contributed by atoms with Crippen molar-refractivity contribution in [1.82, 2.24) is 4.90 Å². The molecule has 2 aromatic rings. The lowest BCUT2D eigenvalue weighted by Crippen LogP contribution is -2.42. The Hall–Kier alpha value is -1.61. The number of hydrogen-bond acceptors (Lipinski definition) is 4. The van der Waals surface area contributed by atoms with Gasteiger partial charge in [-0.3, -0.25) is 4.90 Å². The standard InChI is InChI=1S/C22H28NO3P/c1-25-18-9-10-20-19(15-18)21(17-7-5-4-6-8-17)26-22(20)11-13-23(14-12-22)16-27(2,3)24/h4-10,15,21H,11-14,16H2,1-3H3. The first kappa shape index (κ1) is 18.7. The summed E-state index contributed by atoms with van der Waals surface area (Å²) in [7, 11) is -0.340. The molecular weight excluding hydrogens is 357 g/mol. The molecule has 5 heteroatoms. The Balaban J connectivity index is 1.65. The molecule has 2 aromatic carbocycles. The SMILES string of the molecule is COc1ccc2c(c1)C(c1ccccc1)OC21CCN(CP(C)(C)=O)CC1. The van der Waals surface area contributed by atoms with Gasteiger partial charge >= 0.3 is 0 Å². The molecule has 2 aliphatic heterocycles. The molecule has 0 aromatic heterocycles. The monoisotopic (exact) mass is 385 g/mol. The molecule has 0 amide bonds. The number of ether oxygens (including phenoxy) is 2. The Labute approximate surface area is 161 Å². The smallest absolute Gasteiger partial charge is 0.119 e. The lowest BCUT2D eigenvalue weighted by atomic mass is 9.83. The molecule has 1 spiro atoms. The first-order chi connectivity index (χ1) is 12.9. The zero-order valence-corrected chi connectivity index (χ0v) is 17.2. The van der Waals surface area contributed by atoms with Crippen molar-refractivity contribution < 1.29 is 14.0 Å². The third-order valence-electron chi connectivity index (χ3n) is 5.68. The van der Waals surface area contributed by atoms with Crippen LogP contribution in [0.5, 0.6) is 5.75 Å². The van der Waals surface area contributed by atoms with Crippen LogP contribution < -0.4 is 4.74 Å². The van der Waals surface area contributed by atoms with Crippen molar-refractivity contribution in [3.63, 3.8) is 0 Å². The van der Waals surface area contributed by atoms with E-state index >= 15 is 0 Å². The molecule has 1 unspecified atom stereocenters. The summed E-state index contributed by atoms with van der Waals surface area (Å²) in [5.41, 5.74) is 3.42. The van der Waals surface area contributed by atoms with Crippen LogP contribution >= 0.6 is 7.14 Å². The second-order valence-corrected chi connectivity index (χ2v) is 11.6. The predicted molar refractivity (Wildman–Crippen MR) is 109 cm³/mol. The molecule has 1 atom stereocenters. The fourth-order valence-electron chi connectivity index (χ4n) is 4.45. The number of likely N-dealkylation sites (tertiary alicyclic amines) is 1. The summed E-state index contributed by atoms with van der Waals surface area (Å²) >= 11 is 0. The Bertz CT molecular complexity index is 853. The third kappa shape index (κ3) is 3.71. The van der Waals surface area contributed by atoms with Crippen molar-refractivity contribution in [2.45, 2.75) is 24.5 Å². The van der Waals surface area contributed by atoms with E-state index in [9.17, 15) is 4.57 Å².